The summed E-state index contributed by atoms with van der Waals surface area (Å²) in [5, 5.41) is 18.6. The Hall–Kier alpha value is -5.41. The molecule has 3 aromatic heterocycles. The molecule has 3 amide bonds. The number of piperidine rings is 1. The SMILES string of the molecule is Cc1sc2c(c1C)C(c1ccc(Cl)cc1)=N[C@@H](CC(=O)NCCOCCOCCOc1ccc3c(ccc4occ(C5CCC(=O)NC5=O)c43)c1)c1nnc(C)n1-2. The van der Waals surface area contributed by atoms with E-state index in [1.165, 1.54) is 4.88 Å². The van der Waals surface area contributed by atoms with E-state index >= 15 is 0 Å². The Kier molecular flexibility index (Phi) is 11.2. The van der Waals surface area contributed by atoms with Crippen molar-refractivity contribution in [1.82, 2.24) is 25.4 Å². The number of amides is 3. The fourth-order valence-electron chi connectivity index (χ4n) is 7.39. The molecule has 1 unspecified atom stereocenters. The number of nitrogens with one attached hydrogen (secondary N) is 2. The standard InChI is InChI=1S/C42H41ClN6O7S/c1-23-24(2)57-42-37(23)39(26-4-7-28(43)8-5-26)45-33(40-48-47-25(3)49(40)42)21-36(51)44-14-15-53-16-17-54-18-19-55-29-9-10-30-27(20-29)6-12-34-38(30)32(22-56-34)31-11-13-35(50)46-41(31)52/h4-10,12,20,22,31,33H,11,13-19,21H2,1-3H3,(H,44,51)(H,46,50,52)/t31?,33-/m0/s1. The Morgan fingerprint density at radius 2 is 1.79 bits per heavy atom. The number of carbonyl (C=O) groups is 3. The lowest BCUT2D eigenvalue weighted by Crippen LogP contribution is -2.39. The number of rotatable bonds is 14. The molecule has 0 spiro atoms. The third-order valence-electron chi connectivity index (χ3n) is 10.3. The number of aliphatic imine (C=N–C) groups is 1. The van der Waals surface area contributed by atoms with Crippen molar-refractivity contribution in [2.75, 3.05) is 39.6 Å². The molecular formula is C42H41ClN6O7S. The summed E-state index contributed by atoms with van der Waals surface area (Å²) >= 11 is 7.89. The normalized spacial score (nSPS) is 16.6. The Balaban J connectivity index is 0.790. The third kappa shape index (κ3) is 7.95. The first-order chi connectivity index (χ1) is 27.7. The van der Waals surface area contributed by atoms with Crippen LogP contribution < -0.4 is 15.4 Å². The minimum Gasteiger partial charge on any atom is -0.491 e. The van der Waals surface area contributed by atoms with E-state index in [9.17, 15) is 14.4 Å². The van der Waals surface area contributed by atoms with Crippen LogP contribution in [0.4, 0.5) is 0 Å². The summed E-state index contributed by atoms with van der Waals surface area (Å²) < 4.78 is 25.2. The van der Waals surface area contributed by atoms with Gasteiger partial charge in [0.2, 0.25) is 17.7 Å². The number of imide groups is 1. The second-order valence-corrected chi connectivity index (χ2v) is 15.7. The Bertz CT molecular complexity index is 2520. The van der Waals surface area contributed by atoms with E-state index in [1.54, 1.807) is 17.6 Å². The number of benzene rings is 3. The zero-order chi connectivity index (χ0) is 39.6. The molecule has 5 heterocycles. The number of furan rings is 1. The first-order valence-corrected chi connectivity index (χ1v) is 20.0. The highest BCUT2D eigenvalue weighted by Gasteiger charge is 2.33. The maximum atomic E-state index is 13.2. The number of ether oxygens (including phenoxy) is 3. The van der Waals surface area contributed by atoms with Gasteiger partial charge in [0.15, 0.2) is 5.82 Å². The van der Waals surface area contributed by atoms with Crippen molar-refractivity contribution in [2.24, 2.45) is 4.99 Å². The average molecular weight is 809 g/mol. The molecule has 294 valence electrons. The lowest BCUT2D eigenvalue weighted by molar-refractivity contribution is -0.134. The number of nitrogens with zero attached hydrogens (tertiary/aromatic N) is 4. The molecule has 2 aliphatic heterocycles. The van der Waals surface area contributed by atoms with Crippen molar-refractivity contribution in [2.45, 2.75) is 52.0 Å². The van der Waals surface area contributed by atoms with Crippen molar-refractivity contribution in [1.29, 1.82) is 0 Å². The van der Waals surface area contributed by atoms with Gasteiger partial charge in [-0.15, -0.1) is 21.5 Å². The van der Waals surface area contributed by atoms with E-state index < -0.39 is 12.0 Å². The van der Waals surface area contributed by atoms with Crippen LogP contribution in [0.5, 0.6) is 5.75 Å². The van der Waals surface area contributed by atoms with Gasteiger partial charge in [0.1, 0.15) is 34.8 Å². The van der Waals surface area contributed by atoms with Gasteiger partial charge in [-0.25, -0.2) is 0 Å². The summed E-state index contributed by atoms with van der Waals surface area (Å²) in [5.41, 5.74) is 5.34. The Morgan fingerprint density at radius 1 is 1.00 bits per heavy atom. The average Bonchev–Trinajstić information content (AvgIpc) is 3.86. The zero-order valence-electron chi connectivity index (χ0n) is 31.7. The Morgan fingerprint density at radius 3 is 2.60 bits per heavy atom. The molecule has 1 fully saturated rings. The van der Waals surface area contributed by atoms with Crippen molar-refractivity contribution in [3.05, 3.63) is 105 Å². The van der Waals surface area contributed by atoms with Gasteiger partial charge in [-0.2, -0.15) is 0 Å². The van der Waals surface area contributed by atoms with Crippen LogP contribution in [0.15, 0.2) is 70.3 Å². The molecule has 3 aromatic carbocycles. The molecule has 2 N–H and O–H groups in total. The fraction of sp³-hybridized carbons (Fsp3) is 0.333. The second-order valence-electron chi connectivity index (χ2n) is 14.0. The number of thiophene rings is 1. The largest absolute Gasteiger partial charge is 0.491 e. The monoisotopic (exact) mass is 808 g/mol. The molecular weight excluding hydrogens is 768 g/mol. The molecule has 57 heavy (non-hydrogen) atoms. The summed E-state index contributed by atoms with van der Waals surface area (Å²) in [7, 11) is 0. The third-order valence-corrected chi connectivity index (χ3v) is 11.8. The topological polar surface area (TPSA) is 159 Å². The van der Waals surface area contributed by atoms with Gasteiger partial charge >= 0.3 is 0 Å². The van der Waals surface area contributed by atoms with Crippen molar-refractivity contribution < 1.29 is 33.0 Å². The number of hydrogen-bond acceptors (Lipinski definition) is 11. The van der Waals surface area contributed by atoms with Crippen molar-refractivity contribution in [3.63, 3.8) is 0 Å². The quantitative estimate of drug-likeness (QED) is 0.0888. The highest BCUT2D eigenvalue weighted by Crippen LogP contribution is 2.40. The van der Waals surface area contributed by atoms with Crippen LogP contribution in [-0.2, 0) is 23.9 Å². The van der Waals surface area contributed by atoms with Gasteiger partial charge < -0.3 is 23.9 Å². The number of halogens is 1. The van der Waals surface area contributed by atoms with Crippen LogP contribution in [0.1, 0.15) is 70.0 Å². The number of carbonyl (C=O) groups excluding carboxylic acids is 3. The molecule has 15 heteroatoms. The number of fused-ring (bicyclic) bond motifs is 6. The molecule has 8 rings (SSSR count). The van der Waals surface area contributed by atoms with Crippen molar-refractivity contribution >= 4 is 68.1 Å². The maximum absolute atomic E-state index is 13.2. The number of hydrogen-bond donors (Lipinski definition) is 2. The van der Waals surface area contributed by atoms with E-state index in [-0.39, 0.29) is 24.1 Å². The van der Waals surface area contributed by atoms with Crippen LogP contribution in [0.25, 0.3) is 26.7 Å². The molecule has 0 saturated carbocycles. The van der Waals surface area contributed by atoms with E-state index in [0.29, 0.717) is 74.6 Å². The maximum Gasteiger partial charge on any atom is 0.234 e. The van der Waals surface area contributed by atoms with Gasteiger partial charge in [-0.1, -0.05) is 29.8 Å². The summed E-state index contributed by atoms with van der Waals surface area (Å²) in [6.45, 7) is 8.22. The lowest BCUT2D eigenvalue weighted by Gasteiger charge is -2.20. The molecule has 13 nitrogen and oxygen atoms in total. The number of aryl methyl sites for hydroxylation is 2. The van der Waals surface area contributed by atoms with E-state index in [1.807, 2.05) is 66.1 Å². The van der Waals surface area contributed by atoms with Crippen LogP contribution in [0.2, 0.25) is 5.02 Å². The molecule has 0 bridgehead atoms. The van der Waals surface area contributed by atoms with Gasteiger partial charge in [0.05, 0.1) is 50.7 Å². The summed E-state index contributed by atoms with van der Waals surface area (Å²) in [6.07, 6.45) is 2.47. The van der Waals surface area contributed by atoms with E-state index in [4.69, 9.17) is 35.2 Å². The summed E-state index contributed by atoms with van der Waals surface area (Å²) in [4.78, 5) is 43.8. The molecule has 2 aliphatic rings. The zero-order valence-corrected chi connectivity index (χ0v) is 33.3. The first-order valence-electron chi connectivity index (χ1n) is 18.8. The smallest absolute Gasteiger partial charge is 0.234 e. The van der Waals surface area contributed by atoms with Gasteiger partial charge in [0.25, 0.3) is 0 Å². The molecule has 1 saturated heterocycles. The van der Waals surface area contributed by atoms with Gasteiger partial charge in [0, 0.05) is 44.9 Å². The second kappa shape index (κ2) is 16.6. The minimum atomic E-state index is -0.548. The molecule has 2 atom stereocenters. The highest BCUT2D eigenvalue weighted by molar-refractivity contribution is 7.15. The predicted octanol–water partition coefficient (Wildman–Crippen LogP) is 6.84. The molecule has 0 radical (unpaired) electrons. The molecule has 0 aliphatic carbocycles. The minimum absolute atomic E-state index is 0.0968. The van der Waals surface area contributed by atoms with E-state index in [2.05, 4.69) is 34.7 Å². The molecule has 6 aromatic rings. The Labute approximate surface area is 337 Å². The lowest BCUT2D eigenvalue weighted by atomic mass is 9.89. The van der Waals surface area contributed by atoms with Crippen LogP contribution in [-0.4, -0.2) is 77.8 Å². The summed E-state index contributed by atoms with van der Waals surface area (Å²) in [5.74, 6) is 0.906. The van der Waals surface area contributed by atoms with Gasteiger partial charge in [-0.3, -0.25) is 29.3 Å². The van der Waals surface area contributed by atoms with Crippen LogP contribution in [0, 0.1) is 20.8 Å². The highest BCUT2D eigenvalue weighted by atomic mass is 35.5. The fourth-order valence-corrected chi connectivity index (χ4v) is 8.73. The van der Waals surface area contributed by atoms with Crippen molar-refractivity contribution in [3.8, 4) is 10.8 Å². The van der Waals surface area contributed by atoms with Gasteiger partial charge in [-0.05, 0) is 79.9 Å². The van der Waals surface area contributed by atoms with Crippen LogP contribution >= 0.6 is 22.9 Å². The number of aromatic nitrogens is 3. The van der Waals surface area contributed by atoms with Crippen LogP contribution in [0.3, 0.4) is 0 Å². The predicted molar refractivity (Wildman–Crippen MR) is 217 cm³/mol. The van der Waals surface area contributed by atoms with E-state index in [0.717, 1.165) is 54.9 Å². The first kappa shape index (κ1) is 38.5. The summed E-state index contributed by atoms with van der Waals surface area (Å²) in [6, 6.07) is 16.7.